The van der Waals surface area contributed by atoms with Crippen LogP contribution >= 0.6 is 0 Å². The lowest BCUT2D eigenvalue weighted by Crippen LogP contribution is -2.55. The van der Waals surface area contributed by atoms with Crippen molar-refractivity contribution in [2.45, 2.75) is 38.3 Å². The molecule has 5 atom stereocenters. The van der Waals surface area contributed by atoms with Crippen molar-refractivity contribution >= 4 is 10.9 Å². The van der Waals surface area contributed by atoms with Crippen LogP contribution in [-0.2, 0) is 0 Å². The molecule has 134 valence electrons. The summed E-state index contributed by atoms with van der Waals surface area (Å²) in [6.45, 7) is 4.42. The predicted molar refractivity (Wildman–Crippen MR) is 96.3 cm³/mol. The molecule has 4 heterocycles. The molecule has 0 saturated carbocycles. The number of benzene rings is 1. The molecule has 0 aliphatic carbocycles. The number of aliphatic hydroxyl groups excluding tert-OH is 1. The van der Waals surface area contributed by atoms with Crippen LogP contribution in [0.5, 0.6) is 5.75 Å². The van der Waals surface area contributed by atoms with E-state index in [4.69, 9.17) is 4.74 Å². The summed E-state index contributed by atoms with van der Waals surface area (Å²) in [5, 5.41) is 24.1. The third-order valence-electron chi connectivity index (χ3n) is 6.29. The number of aromatic nitrogens is 1. The Morgan fingerprint density at radius 2 is 2.24 bits per heavy atom. The van der Waals surface area contributed by atoms with Crippen LogP contribution in [0.3, 0.4) is 0 Å². The highest BCUT2D eigenvalue weighted by Crippen LogP contribution is 2.42. The summed E-state index contributed by atoms with van der Waals surface area (Å²) < 4.78 is 6.17. The minimum Gasteiger partial charge on any atom is -0.618 e. The van der Waals surface area contributed by atoms with Gasteiger partial charge in [-0.05, 0) is 43.4 Å². The van der Waals surface area contributed by atoms with Gasteiger partial charge in [-0.1, -0.05) is 13.3 Å². The van der Waals surface area contributed by atoms with E-state index >= 15 is 0 Å². The van der Waals surface area contributed by atoms with Gasteiger partial charge in [-0.2, -0.15) is 4.73 Å². The van der Waals surface area contributed by atoms with Crippen LogP contribution in [0.15, 0.2) is 30.5 Å². The van der Waals surface area contributed by atoms with Crippen molar-refractivity contribution in [1.82, 2.24) is 4.90 Å². The number of nitrogens with zero attached hydrogens (tertiary/aromatic N) is 2. The Labute approximate surface area is 148 Å². The van der Waals surface area contributed by atoms with Crippen LogP contribution < -0.4 is 9.47 Å². The maximum Gasteiger partial charge on any atom is 0.224 e. The molecular weight excluding hydrogens is 316 g/mol. The van der Waals surface area contributed by atoms with Gasteiger partial charge in [-0.15, -0.1) is 0 Å². The highest BCUT2D eigenvalue weighted by molar-refractivity contribution is 5.81. The number of methoxy groups -OCH3 is 1. The van der Waals surface area contributed by atoms with E-state index < -0.39 is 6.10 Å². The SMILES string of the molecule is CC[C@H]1CN2CC[C@@H]1C[C@H]2[C@H](O)c1cc[n+]([O-])c2ccc(OC)cc12. The van der Waals surface area contributed by atoms with Crippen molar-refractivity contribution in [1.29, 1.82) is 0 Å². The minimum atomic E-state index is -0.587. The van der Waals surface area contributed by atoms with Gasteiger partial charge in [-0.3, -0.25) is 4.90 Å². The number of rotatable bonds is 4. The zero-order valence-electron chi connectivity index (χ0n) is 14.9. The second-order valence-corrected chi connectivity index (χ2v) is 7.44. The van der Waals surface area contributed by atoms with Crippen molar-refractivity contribution in [3.05, 3.63) is 41.2 Å². The third-order valence-corrected chi connectivity index (χ3v) is 6.29. The van der Waals surface area contributed by atoms with E-state index in [1.165, 1.54) is 19.0 Å². The number of piperidine rings is 3. The smallest absolute Gasteiger partial charge is 0.224 e. The molecule has 3 saturated heterocycles. The Hall–Kier alpha value is -1.85. The lowest BCUT2D eigenvalue weighted by atomic mass is 9.72. The molecule has 2 aromatic rings. The molecule has 25 heavy (non-hydrogen) atoms. The molecule has 5 rings (SSSR count). The van der Waals surface area contributed by atoms with Crippen LogP contribution in [0, 0.1) is 17.0 Å². The molecule has 1 N–H and O–H groups in total. The van der Waals surface area contributed by atoms with Gasteiger partial charge in [0.1, 0.15) is 5.75 Å². The van der Waals surface area contributed by atoms with E-state index in [9.17, 15) is 10.3 Å². The zero-order chi connectivity index (χ0) is 17.6. The van der Waals surface area contributed by atoms with E-state index in [1.807, 2.05) is 6.07 Å². The fourth-order valence-corrected chi connectivity index (χ4v) is 4.82. The summed E-state index contributed by atoms with van der Waals surface area (Å²) in [4.78, 5) is 2.45. The first-order valence-electron chi connectivity index (χ1n) is 9.24. The van der Waals surface area contributed by atoms with E-state index in [2.05, 4.69) is 11.8 Å². The van der Waals surface area contributed by atoms with E-state index in [0.717, 1.165) is 41.1 Å². The van der Waals surface area contributed by atoms with Crippen LogP contribution in [0.1, 0.15) is 37.9 Å². The standard InChI is InChI=1S/C20H26N2O3/c1-3-13-12-21-8-6-14(13)10-19(21)20(23)16-7-9-22(24)18-5-4-15(25-2)11-17(16)18/h4-5,7,9,11,13-14,19-20,23H,3,6,8,10,12H2,1-2H3/t13-,14+,19-,20+/m0/s1. The fraction of sp³-hybridized carbons (Fsp3) is 0.550. The largest absolute Gasteiger partial charge is 0.618 e. The number of aliphatic hydroxyl groups is 1. The second-order valence-electron chi connectivity index (χ2n) is 7.44. The number of fused-ring (bicyclic) bond motifs is 4. The van der Waals surface area contributed by atoms with Crippen LogP contribution in [-0.4, -0.2) is 36.2 Å². The quantitative estimate of drug-likeness (QED) is 0.685. The fourth-order valence-electron chi connectivity index (χ4n) is 4.82. The number of hydrogen-bond donors (Lipinski definition) is 1. The normalized spacial score (nSPS) is 29.7. The van der Waals surface area contributed by atoms with Gasteiger partial charge in [0.15, 0.2) is 6.20 Å². The Morgan fingerprint density at radius 1 is 1.40 bits per heavy atom. The summed E-state index contributed by atoms with van der Waals surface area (Å²) in [5.74, 6) is 2.17. The summed E-state index contributed by atoms with van der Waals surface area (Å²) in [6.07, 6.45) is 4.41. The Balaban J connectivity index is 1.71. The van der Waals surface area contributed by atoms with Crippen molar-refractivity contribution in [3.8, 4) is 5.75 Å². The molecule has 1 aromatic carbocycles. The topological polar surface area (TPSA) is 59.6 Å². The molecule has 2 bridgehead atoms. The monoisotopic (exact) mass is 342 g/mol. The van der Waals surface area contributed by atoms with Gasteiger partial charge >= 0.3 is 0 Å². The summed E-state index contributed by atoms with van der Waals surface area (Å²) >= 11 is 0. The van der Waals surface area contributed by atoms with Gasteiger partial charge in [0, 0.05) is 30.3 Å². The van der Waals surface area contributed by atoms with Gasteiger partial charge in [0.25, 0.3) is 0 Å². The van der Waals surface area contributed by atoms with E-state index in [1.54, 1.807) is 25.3 Å². The number of ether oxygens (including phenoxy) is 1. The minimum absolute atomic E-state index is 0.137. The summed E-state index contributed by atoms with van der Waals surface area (Å²) in [6, 6.07) is 7.30. The highest BCUT2D eigenvalue weighted by Gasteiger charge is 2.42. The number of hydrogen-bond acceptors (Lipinski definition) is 4. The lowest BCUT2D eigenvalue weighted by molar-refractivity contribution is -0.577. The van der Waals surface area contributed by atoms with Gasteiger partial charge < -0.3 is 15.1 Å². The molecule has 0 spiro atoms. The van der Waals surface area contributed by atoms with Crippen molar-refractivity contribution in [2.24, 2.45) is 11.8 Å². The molecule has 1 unspecified atom stereocenters. The van der Waals surface area contributed by atoms with Crippen molar-refractivity contribution in [2.75, 3.05) is 20.2 Å². The van der Waals surface area contributed by atoms with Crippen LogP contribution in [0.2, 0.25) is 0 Å². The lowest BCUT2D eigenvalue weighted by Gasteiger charge is -2.51. The first-order valence-corrected chi connectivity index (χ1v) is 9.24. The summed E-state index contributed by atoms with van der Waals surface area (Å²) in [5.41, 5.74) is 1.39. The molecule has 3 aliphatic rings. The van der Waals surface area contributed by atoms with Crippen molar-refractivity contribution < 1.29 is 14.6 Å². The Morgan fingerprint density at radius 3 is 2.92 bits per heavy atom. The predicted octanol–water partition coefficient (Wildman–Crippen LogP) is 2.64. The van der Waals surface area contributed by atoms with Gasteiger partial charge in [-0.25, -0.2) is 0 Å². The van der Waals surface area contributed by atoms with Gasteiger partial charge in [0.2, 0.25) is 5.52 Å². The van der Waals surface area contributed by atoms with Crippen LogP contribution in [0.4, 0.5) is 0 Å². The first kappa shape index (κ1) is 16.6. The molecule has 3 fully saturated rings. The molecule has 5 heteroatoms. The highest BCUT2D eigenvalue weighted by atomic mass is 16.5. The Bertz CT molecular complexity index is 779. The zero-order valence-corrected chi connectivity index (χ0v) is 14.9. The van der Waals surface area contributed by atoms with Crippen molar-refractivity contribution in [3.63, 3.8) is 0 Å². The molecule has 0 radical (unpaired) electrons. The molecule has 5 nitrogen and oxygen atoms in total. The van der Waals surface area contributed by atoms with Crippen LogP contribution in [0.25, 0.3) is 10.9 Å². The van der Waals surface area contributed by atoms with E-state index in [-0.39, 0.29) is 6.04 Å². The molecule has 3 aliphatic heterocycles. The average Bonchev–Trinajstić information content (AvgIpc) is 2.67. The number of pyridine rings is 1. The maximum absolute atomic E-state index is 12.1. The molecular formula is C20H26N2O3. The van der Waals surface area contributed by atoms with E-state index in [0.29, 0.717) is 17.2 Å². The van der Waals surface area contributed by atoms with Gasteiger partial charge in [0.05, 0.1) is 18.6 Å². The second kappa shape index (κ2) is 6.46. The average molecular weight is 342 g/mol. The third kappa shape index (κ3) is 2.75. The Kier molecular flexibility index (Phi) is 4.29. The molecule has 0 amide bonds. The molecule has 1 aromatic heterocycles. The first-order chi connectivity index (χ1) is 12.1. The maximum atomic E-state index is 12.1. The summed E-state index contributed by atoms with van der Waals surface area (Å²) in [7, 11) is 1.61.